The van der Waals surface area contributed by atoms with Crippen LogP contribution < -0.4 is 0 Å². The van der Waals surface area contributed by atoms with Crippen LogP contribution in [0.5, 0.6) is 0 Å². The van der Waals surface area contributed by atoms with Crippen LogP contribution in [0.2, 0.25) is 0 Å². The molecule has 1 heterocycles. The van der Waals surface area contributed by atoms with Crippen LogP contribution in [-0.2, 0) is 20.7 Å². The predicted molar refractivity (Wildman–Crippen MR) is 77.9 cm³/mol. The van der Waals surface area contributed by atoms with Gasteiger partial charge in [0.15, 0.2) is 0 Å². The number of likely N-dealkylation sites (N-methyl/N-ethyl adjacent to an activating group) is 1. The first-order chi connectivity index (χ1) is 10.1. The molecule has 0 saturated carbocycles. The number of aliphatic carboxylic acids is 1. The number of hydrogen-bond donors (Lipinski definition) is 1. The van der Waals surface area contributed by atoms with Crippen molar-refractivity contribution < 1.29 is 19.4 Å². The molecule has 1 atom stereocenters. The fraction of sp³-hybridized carbons (Fsp3) is 0.500. The van der Waals surface area contributed by atoms with Crippen LogP contribution in [0.25, 0.3) is 0 Å². The van der Waals surface area contributed by atoms with Gasteiger partial charge in [-0.15, -0.1) is 0 Å². The Bertz CT molecular complexity index is 482. The van der Waals surface area contributed by atoms with Gasteiger partial charge in [0.05, 0.1) is 0 Å². The van der Waals surface area contributed by atoms with Gasteiger partial charge in [-0.05, 0) is 18.4 Å². The minimum atomic E-state index is -0.971. The minimum absolute atomic E-state index is 0.0957. The first-order valence-corrected chi connectivity index (χ1v) is 7.20. The van der Waals surface area contributed by atoms with Crippen molar-refractivity contribution in [2.75, 3.05) is 20.3 Å². The lowest BCUT2D eigenvalue weighted by Gasteiger charge is -2.30. The van der Waals surface area contributed by atoms with Gasteiger partial charge in [-0.2, -0.15) is 0 Å². The zero-order valence-electron chi connectivity index (χ0n) is 12.2. The molecule has 1 aliphatic rings. The summed E-state index contributed by atoms with van der Waals surface area (Å²) in [6.45, 7) is 1.14. The monoisotopic (exact) mass is 291 g/mol. The lowest BCUT2D eigenvalue weighted by molar-refractivity contribution is -0.151. The highest BCUT2D eigenvalue weighted by Gasteiger charge is 2.31. The summed E-state index contributed by atoms with van der Waals surface area (Å²) in [7, 11) is 1.58. The summed E-state index contributed by atoms with van der Waals surface area (Å²) in [5.41, 5.74) is 0.913. The van der Waals surface area contributed by atoms with Crippen molar-refractivity contribution >= 4 is 11.9 Å². The molecule has 0 radical (unpaired) electrons. The van der Waals surface area contributed by atoms with Crippen molar-refractivity contribution in [2.24, 2.45) is 5.92 Å². The maximum atomic E-state index is 12.4. The van der Waals surface area contributed by atoms with Gasteiger partial charge in [0.2, 0.25) is 5.91 Å². The van der Waals surface area contributed by atoms with Crippen LogP contribution in [0, 0.1) is 5.92 Å². The summed E-state index contributed by atoms with van der Waals surface area (Å²) in [4.78, 5) is 25.3. The smallest absolute Gasteiger partial charge is 0.326 e. The lowest BCUT2D eigenvalue weighted by atomic mass is 9.97. The molecule has 1 aromatic rings. The summed E-state index contributed by atoms with van der Waals surface area (Å²) in [5.74, 6) is -1.19. The Morgan fingerprint density at radius 3 is 2.48 bits per heavy atom. The van der Waals surface area contributed by atoms with Crippen LogP contribution in [0.3, 0.4) is 0 Å². The van der Waals surface area contributed by atoms with E-state index in [1.807, 2.05) is 30.3 Å². The van der Waals surface area contributed by atoms with E-state index in [9.17, 15) is 14.7 Å². The van der Waals surface area contributed by atoms with Crippen LogP contribution in [-0.4, -0.2) is 48.2 Å². The van der Waals surface area contributed by atoms with E-state index in [1.165, 1.54) is 4.90 Å². The van der Waals surface area contributed by atoms with Crippen LogP contribution in [0.15, 0.2) is 30.3 Å². The molecular formula is C16H21NO4. The van der Waals surface area contributed by atoms with Gasteiger partial charge in [0.25, 0.3) is 0 Å². The van der Waals surface area contributed by atoms with Gasteiger partial charge in [0, 0.05) is 32.6 Å². The highest BCUT2D eigenvalue weighted by Crippen LogP contribution is 2.19. The van der Waals surface area contributed by atoms with Crippen LogP contribution in [0.4, 0.5) is 0 Å². The Morgan fingerprint density at radius 1 is 1.29 bits per heavy atom. The maximum Gasteiger partial charge on any atom is 0.326 e. The molecule has 1 amide bonds. The Labute approximate surface area is 124 Å². The number of benzene rings is 1. The highest BCUT2D eigenvalue weighted by atomic mass is 16.5. The Balaban J connectivity index is 2.06. The first-order valence-electron chi connectivity index (χ1n) is 7.20. The zero-order valence-corrected chi connectivity index (χ0v) is 12.2. The van der Waals surface area contributed by atoms with E-state index in [0.717, 1.165) is 5.56 Å². The van der Waals surface area contributed by atoms with E-state index >= 15 is 0 Å². The maximum absolute atomic E-state index is 12.4. The third kappa shape index (κ3) is 4.04. The Morgan fingerprint density at radius 2 is 1.90 bits per heavy atom. The lowest BCUT2D eigenvalue weighted by Crippen LogP contribution is -2.47. The highest BCUT2D eigenvalue weighted by molar-refractivity contribution is 5.85. The van der Waals surface area contributed by atoms with E-state index in [2.05, 4.69) is 0 Å². The molecule has 0 aliphatic carbocycles. The summed E-state index contributed by atoms with van der Waals surface area (Å²) >= 11 is 0. The summed E-state index contributed by atoms with van der Waals surface area (Å²) < 4.78 is 5.25. The number of amides is 1. The second-order valence-electron chi connectivity index (χ2n) is 5.38. The third-order valence-corrected chi connectivity index (χ3v) is 3.94. The van der Waals surface area contributed by atoms with E-state index in [1.54, 1.807) is 7.05 Å². The van der Waals surface area contributed by atoms with Gasteiger partial charge in [-0.25, -0.2) is 4.79 Å². The second-order valence-corrected chi connectivity index (χ2v) is 5.38. The van der Waals surface area contributed by atoms with Crippen LogP contribution >= 0.6 is 0 Å². The second kappa shape index (κ2) is 7.22. The van der Waals surface area contributed by atoms with Gasteiger partial charge in [-0.1, -0.05) is 30.3 Å². The first kappa shape index (κ1) is 15.5. The quantitative estimate of drug-likeness (QED) is 0.894. The van der Waals surface area contributed by atoms with Crippen molar-refractivity contribution in [3.05, 3.63) is 35.9 Å². The molecule has 21 heavy (non-hydrogen) atoms. The predicted octanol–water partition coefficient (Wildman–Crippen LogP) is 1.57. The molecule has 0 aromatic heterocycles. The average molecular weight is 291 g/mol. The molecule has 2 rings (SSSR count). The molecule has 5 nitrogen and oxygen atoms in total. The topological polar surface area (TPSA) is 66.8 Å². The molecule has 1 unspecified atom stereocenters. The molecule has 1 N–H and O–H groups in total. The minimum Gasteiger partial charge on any atom is -0.480 e. The molecule has 0 bridgehead atoms. The Hall–Kier alpha value is -1.88. The molecule has 1 saturated heterocycles. The number of carbonyl (C=O) groups is 2. The van der Waals surface area contributed by atoms with Crippen molar-refractivity contribution in [1.82, 2.24) is 4.90 Å². The molecule has 5 heteroatoms. The van der Waals surface area contributed by atoms with E-state index in [0.29, 0.717) is 32.5 Å². The molecule has 1 aliphatic heterocycles. The summed E-state index contributed by atoms with van der Waals surface area (Å²) in [5, 5.41) is 9.43. The number of ether oxygens (including phenoxy) is 1. The van der Waals surface area contributed by atoms with E-state index in [-0.39, 0.29) is 11.8 Å². The number of hydrogen-bond acceptors (Lipinski definition) is 3. The van der Waals surface area contributed by atoms with E-state index in [4.69, 9.17) is 4.74 Å². The zero-order chi connectivity index (χ0) is 15.2. The molecule has 1 fully saturated rings. The number of rotatable bonds is 5. The van der Waals surface area contributed by atoms with Gasteiger partial charge in [0.1, 0.15) is 6.04 Å². The normalized spacial score (nSPS) is 17.2. The average Bonchev–Trinajstić information content (AvgIpc) is 2.53. The van der Waals surface area contributed by atoms with Gasteiger partial charge >= 0.3 is 5.97 Å². The third-order valence-electron chi connectivity index (χ3n) is 3.94. The summed E-state index contributed by atoms with van der Waals surface area (Å²) in [6.07, 6.45) is 1.66. The van der Waals surface area contributed by atoms with Gasteiger partial charge in [-0.3, -0.25) is 4.79 Å². The van der Waals surface area contributed by atoms with Crippen molar-refractivity contribution in [2.45, 2.75) is 25.3 Å². The summed E-state index contributed by atoms with van der Waals surface area (Å²) in [6, 6.07) is 8.55. The van der Waals surface area contributed by atoms with Crippen molar-refractivity contribution in [3.63, 3.8) is 0 Å². The standard InChI is InChI=1S/C16H21NO4/c1-17(15(18)13-7-9-21-10-8-13)14(16(19)20)11-12-5-3-2-4-6-12/h2-6,13-14H,7-11H2,1H3,(H,19,20). The molecule has 0 spiro atoms. The van der Waals surface area contributed by atoms with Gasteiger partial charge < -0.3 is 14.7 Å². The number of carbonyl (C=O) groups excluding carboxylic acids is 1. The van der Waals surface area contributed by atoms with Crippen LogP contribution in [0.1, 0.15) is 18.4 Å². The molecular weight excluding hydrogens is 270 g/mol. The fourth-order valence-electron chi connectivity index (χ4n) is 2.61. The largest absolute Gasteiger partial charge is 0.480 e. The van der Waals surface area contributed by atoms with Crippen molar-refractivity contribution in [1.29, 1.82) is 0 Å². The SMILES string of the molecule is CN(C(=O)C1CCOCC1)C(Cc1ccccc1)C(=O)O. The number of carboxylic acid groups (broad SMARTS) is 1. The fourth-order valence-corrected chi connectivity index (χ4v) is 2.61. The molecule has 114 valence electrons. The number of nitrogens with zero attached hydrogens (tertiary/aromatic N) is 1. The Kier molecular flexibility index (Phi) is 5.33. The number of carboxylic acids is 1. The molecule has 1 aromatic carbocycles. The van der Waals surface area contributed by atoms with E-state index < -0.39 is 12.0 Å². The van der Waals surface area contributed by atoms with Crippen molar-refractivity contribution in [3.8, 4) is 0 Å².